The van der Waals surface area contributed by atoms with Crippen molar-refractivity contribution in [2.75, 3.05) is 13.1 Å². The number of pyridine rings is 1. The average molecular weight is 288 g/mol. The number of aromatic nitrogens is 1. The van der Waals surface area contributed by atoms with E-state index >= 15 is 0 Å². The zero-order valence-corrected chi connectivity index (χ0v) is 10.9. The molecule has 1 aromatic heterocycles. The standard InChI is InChI=1S/C13H15F3N2O2/c1-8-4-5-18(7-10(8)19)12(20)9-2-3-11(17-6-9)13(14,15)16/h2-3,6,8,10,19H,4-5,7H2,1H3. The molecule has 1 amide bonds. The second kappa shape index (κ2) is 5.40. The first kappa shape index (κ1) is 14.8. The monoisotopic (exact) mass is 288 g/mol. The van der Waals surface area contributed by atoms with Gasteiger partial charge in [-0.25, -0.2) is 0 Å². The molecule has 1 saturated heterocycles. The van der Waals surface area contributed by atoms with Crippen molar-refractivity contribution in [1.82, 2.24) is 9.88 Å². The Morgan fingerprint density at radius 3 is 2.65 bits per heavy atom. The second-order valence-electron chi connectivity index (χ2n) is 5.01. The van der Waals surface area contributed by atoms with Gasteiger partial charge in [-0.3, -0.25) is 9.78 Å². The molecule has 1 fully saturated rings. The zero-order valence-electron chi connectivity index (χ0n) is 10.9. The van der Waals surface area contributed by atoms with Gasteiger partial charge in [0.15, 0.2) is 0 Å². The molecule has 0 spiro atoms. The summed E-state index contributed by atoms with van der Waals surface area (Å²) >= 11 is 0. The topological polar surface area (TPSA) is 53.4 Å². The van der Waals surface area contributed by atoms with Crippen LogP contribution < -0.4 is 0 Å². The third-order valence-electron chi connectivity index (χ3n) is 3.51. The van der Waals surface area contributed by atoms with E-state index in [1.165, 1.54) is 4.90 Å². The van der Waals surface area contributed by atoms with E-state index in [1.807, 2.05) is 6.92 Å². The highest BCUT2D eigenvalue weighted by molar-refractivity contribution is 5.94. The average Bonchev–Trinajstić information content (AvgIpc) is 2.40. The molecular formula is C13H15F3N2O2. The number of carbonyl (C=O) groups is 1. The minimum atomic E-state index is -4.52. The molecule has 2 atom stereocenters. The Kier molecular flexibility index (Phi) is 3.99. The third-order valence-corrected chi connectivity index (χ3v) is 3.51. The van der Waals surface area contributed by atoms with Crippen LogP contribution in [0.4, 0.5) is 13.2 Å². The van der Waals surface area contributed by atoms with Gasteiger partial charge in [0, 0.05) is 19.3 Å². The van der Waals surface area contributed by atoms with Gasteiger partial charge in [0.1, 0.15) is 5.69 Å². The van der Waals surface area contributed by atoms with Crippen molar-refractivity contribution in [1.29, 1.82) is 0 Å². The highest BCUT2D eigenvalue weighted by atomic mass is 19.4. The summed E-state index contributed by atoms with van der Waals surface area (Å²) in [7, 11) is 0. The van der Waals surface area contributed by atoms with Crippen LogP contribution in [0.1, 0.15) is 29.4 Å². The van der Waals surface area contributed by atoms with Crippen LogP contribution in [0.2, 0.25) is 0 Å². The lowest BCUT2D eigenvalue weighted by molar-refractivity contribution is -0.141. The van der Waals surface area contributed by atoms with Crippen molar-refractivity contribution in [3.8, 4) is 0 Å². The maximum Gasteiger partial charge on any atom is 0.433 e. The first-order chi connectivity index (χ1) is 9.29. The van der Waals surface area contributed by atoms with Crippen molar-refractivity contribution in [2.24, 2.45) is 5.92 Å². The van der Waals surface area contributed by atoms with E-state index in [4.69, 9.17) is 0 Å². The summed E-state index contributed by atoms with van der Waals surface area (Å²) in [5, 5.41) is 9.74. The normalized spacial score (nSPS) is 23.8. The maximum absolute atomic E-state index is 12.4. The highest BCUT2D eigenvalue weighted by Crippen LogP contribution is 2.27. The number of amides is 1. The molecule has 2 rings (SSSR count). The molecule has 0 saturated carbocycles. The van der Waals surface area contributed by atoms with Crippen LogP contribution in [0.3, 0.4) is 0 Å². The largest absolute Gasteiger partial charge is 0.433 e. The van der Waals surface area contributed by atoms with Crippen LogP contribution in [-0.4, -0.2) is 40.1 Å². The number of nitrogens with zero attached hydrogens (tertiary/aromatic N) is 2. The number of likely N-dealkylation sites (tertiary alicyclic amines) is 1. The summed E-state index contributed by atoms with van der Waals surface area (Å²) in [5.74, 6) is -0.290. The van der Waals surface area contributed by atoms with E-state index in [0.717, 1.165) is 18.3 Å². The molecule has 1 aromatic rings. The van der Waals surface area contributed by atoms with Crippen molar-refractivity contribution in [3.63, 3.8) is 0 Å². The summed E-state index contributed by atoms with van der Waals surface area (Å²) < 4.78 is 37.1. The van der Waals surface area contributed by atoms with E-state index < -0.39 is 23.9 Å². The quantitative estimate of drug-likeness (QED) is 0.859. The molecule has 20 heavy (non-hydrogen) atoms. The Balaban J connectivity index is 2.10. The zero-order chi connectivity index (χ0) is 14.9. The molecule has 0 radical (unpaired) electrons. The van der Waals surface area contributed by atoms with Crippen molar-refractivity contribution >= 4 is 5.91 Å². The van der Waals surface area contributed by atoms with Crippen molar-refractivity contribution in [3.05, 3.63) is 29.6 Å². The molecule has 4 nitrogen and oxygen atoms in total. The number of alkyl halides is 3. The van der Waals surface area contributed by atoms with E-state index in [9.17, 15) is 23.1 Å². The third kappa shape index (κ3) is 3.09. The van der Waals surface area contributed by atoms with Crippen LogP contribution >= 0.6 is 0 Å². The number of piperidine rings is 1. The van der Waals surface area contributed by atoms with E-state index in [2.05, 4.69) is 4.98 Å². The summed E-state index contributed by atoms with van der Waals surface area (Å²) in [6.07, 6.45) is -3.52. The van der Waals surface area contributed by atoms with Crippen LogP contribution in [-0.2, 0) is 6.18 Å². The van der Waals surface area contributed by atoms with E-state index in [-0.39, 0.29) is 18.0 Å². The lowest BCUT2D eigenvalue weighted by Crippen LogP contribution is -2.45. The second-order valence-corrected chi connectivity index (χ2v) is 5.01. The molecule has 0 aliphatic carbocycles. The molecule has 1 aliphatic heterocycles. The number of carbonyl (C=O) groups excluding carboxylic acids is 1. The summed E-state index contributed by atoms with van der Waals surface area (Å²) in [4.78, 5) is 16.8. The number of aliphatic hydroxyl groups excluding tert-OH is 1. The Hall–Kier alpha value is -1.63. The fourth-order valence-electron chi connectivity index (χ4n) is 2.10. The number of aliphatic hydroxyl groups is 1. The van der Waals surface area contributed by atoms with Crippen LogP contribution in [0.15, 0.2) is 18.3 Å². The van der Waals surface area contributed by atoms with Crippen molar-refractivity contribution in [2.45, 2.75) is 25.6 Å². The Labute approximate surface area is 114 Å². The first-order valence-electron chi connectivity index (χ1n) is 6.29. The predicted octanol–water partition coefficient (Wildman–Crippen LogP) is 1.94. The molecule has 0 aromatic carbocycles. The fourth-order valence-corrected chi connectivity index (χ4v) is 2.10. The van der Waals surface area contributed by atoms with Gasteiger partial charge >= 0.3 is 6.18 Å². The van der Waals surface area contributed by atoms with Gasteiger partial charge in [-0.15, -0.1) is 0 Å². The lowest BCUT2D eigenvalue weighted by Gasteiger charge is -2.34. The molecule has 2 heterocycles. The number of halogens is 3. The first-order valence-corrected chi connectivity index (χ1v) is 6.29. The molecule has 1 N–H and O–H groups in total. The smallest absolute Gasteiger partial charge is 0.391 e. The predicted molar refractivity (Wildman–Crippen MR) is 64.9 cm³/mol. The molecule has 2 unspecified atom stereocenters. The number of hydrogen-bond acceptors (Lipinski definition) is 3. The number of β-amino-alcohol motifs (C(OH)–C–C–N with tert-alkyl or cyclic N) is 1. The molecule has 1 aliphatic rings. The summed E-state index contributed by atoms with van der Waals surface area (Å²) in [6.45, 7) is 2.57. The Morgan fingerprint density at radius 2 is 2.15 bits per heavy atom. The van der Waals surface area contributed by atoms with E-state index in [0.29, 0.717) is 13.0 Å². The Morgan fingerprint density at radius 1 is 1.45 bits per heavy atom. The van der Waals surface area contributed by atoms with Gasteiger partial charge in [-0.05, 0) is 24.5 Å². The number of hydrogen-bond donors (Lipinski definition) is 1. The molecular weight excluding hydrogens is 273 g/mol. The van der Waals surface area contributed by atoms with Gasteiger partial charge in [-0.2, -0.15) is 13.2 Å². The lowest BCUT2D eigenvalue weighted by atomic mass is 9.95. The SMILES string of the molecule is CC1CCN(C(=O)c2ccc(C(F)(F)F)nc2)CC1O. The van der Waals surface area contributed by atoms with Gasteiger partial charge in [0.25, 0.3) is 5.91 Å². The van der Waals surface area contributed by atoms with Crippen LogP contribution in [0.25, 0.3) is 0 Å². The minimum absolute atomic E-state index is 0.0970. The molecule has 0 bridgehead atoms. The van der Waals surface area contributed by atoms with E-state index in [1.54, 1.807) is 0 Å². The summed E-state index contributed by atoms with van der Waals surface area (Å²) in [5.41, 5.74) is -0.930. The minimum Gasteiger partial charge on any atom is -0.391 e. The van der Waals surface area contributed by atoms with Crippen LogP contribution in [0, 0.1) is 5.92 Å². The highest BCUT2D eigenvalue weighted by Gasteiger charge is 2.33. The maximum atomic E-state index is 12.4. The van der Waals surface area contributed by atoms with Crippen LogP contribution in [0.5, 0.6) is 0 Å². The van der Waals surface area contributed by atoms with Crippen molar-refractivity contribution < 1.29 is 23.1 Å². The molecule has 7 heteroatoms. The van der Waals surface area contributed by atoms with Gasteiger partial charge in [-0.1, -0.05) is 6.92 Å². The Bertz CT molecular complexity index is 487. The molecule has 110 valence electrons. The van der Waals surface area contributed by atoms with Gasteiger partial charge in [0.2, 0.25) is 0 Å². The van der Waals surface area contributed by atoms with Gasteiger partial charge in [0.05, 0.1) is 11.7 Å². The summed E-state index contributed by atoms with van der Waals surface area (Å²) in [6, 6.07) is 1.90. The fraction of sp³-hybridized carbons (Fsp3) is 0.538. The van der Waals surface area contributed by atoms with Gasteiger partial charge < -0.3 is 10.0 Å². The number of rotatable bonds is 1.